The molecule has 0 radical (unpaired) electrons. The number of hydrogen-bond acceptors (Lipinski definition) is 8. The highest BCUT2D eigenvalue weighted by atomic mass is 16.5. The van der Waals surface area contributed by atoms with Gasteiger partial charge in [0, 0.05) is 44.7 Å². The van der Waals surface area contributed by atoms with E-state index in [4.69, 9.17) is 4.74 Å². The van der Waals surface area contributed by atoms with E-state index in [1.807, 2.05) is 30.3 Å². The van der Waals surface area contributed by atoms with Gasteiger partial charge in [-0.25, -0.2) is 0 Å². The van der Waals surface area contributed by atoms with Gasteiger partial charge in [0.15, 0.2) is 0 Å². The molecule has 1 aliphatic heterocycles. The summed E-state index contributed by atoms with van der Waals surface area (Å²) in [6.45, 7) is 11.2. The molecule has 0 aliphatic carbocycles. The molecule has 3 aromatic rings. The second kappa shape index (κ2) is 12.4. The lowest BCUT2D eigenvalue weighted by atomic mass is 9.95. The van der Waals surface area contributed by atoms with Crippen molar-refractivity contribution in [3.63, 3.8) is 0 Å². The van der Waals surface area contributed by atoms with Crippen molar-refractivity contribution in [3.8, 4) is 17.1 Å². The van der Waals surface area contributed by atoms with Gasteiger partial charge in [-0.15, -0.1) is 16.8 Å². The molecule has 9 nitrogen and oxygen atoms in total. The van der Waals surface area contributed by atoms with Crippen LogP contribution in [0.2, 0.25) is 0 Å². The van der Waals surface area contributed by atoms with Crippen molar-refractivity contribution >= 4 is 5.97 Å². The van der Waals surface area contributed by atoms with Crippen LogP contribution in [0, 0.1) is 0 Å². The topological polar surface area (TPSA) is 96.6 Å². The maximum atomic E-state index is 11.5. The quantitative estimate of drug-likeness (QED) is 0.323. The molecule has 2 aromatic carbocycles. The Morgan fingerprint density at radius 1 is 1.14 bits per heavy atom. The van der Waals surface area contributed by atoms with Crippen LogP contribution in [-0.2, 0) is 16.1 Å². The predicted molar refractivity (Wildman–Crippen MR) is 137 cm³/mol. The third kappa shape index (κ3) is 6.56. The zero-order valence-corrected chi connectivity index (χ0v) is 20.8. The summed E-state index contributed by atoms with van der Waals surface area (Å²) in [4.78, 5) is 17.9. The molecule has 190 valence electrons. The number of aryl methyl sites for hydroxylation is 1. The second-order valence-electron chi connectivity index (χ2n) is 8.86. The Morgan fingerprint density at radius 2 is 1.92 bits per heavy atom. The fourth-order valence-corrected chi connectivity index (χ4v) is 4.56. The molecular formula is C27H34N6O3. The van der Waals surface area contributed by atoms with Gasteiger partial charge in [-0.1, -0.05) is 42.5 Å². The normalized spacial score (nSPS) is 15.5. The van der Waals surface area contributed by atoms with E-state index in [1.54, 1.807) is 13.0 Å². The van der Waals surface area contributed by atoms with Crippen molar-refractivity contribution in [2.24, 2.45) is 0 Å². The van der Waals surface area contributed by atoms with Gasteiger partial charge in [-0.2, -0.15) is 4.80 Å². The molecular weight excluding hydrogens is 456 g/mol. The van der Waals surface area contributed by atoms with Gasteiger partial charge in [-0.05, 0) is 41.8 Å². The zero-order chi connectivity index (χ0) is 25.3. The van der Waals surface area contributed by atoms with E-state index >= 15 is 0 Å². The first-order valence-corrected chi connectivity index (χ1v) is 12.5. The largest absolute Gasteiger partial charge is 0.508 e. The van der Waals surface area contributed by atoms with Gasteiger partial charge in [0.2, 0.25) is 5.82 Å². The lowest BCUT2D eigenvalue weighted by Crippen LogP contribution is -2.47. The Balaban J connectivity index is 1.47. The Labute approximate surface area is 212 Å². The molecule has 1 unspecified atom stereocenters. The van der Waals surface area contributed by atoms with Crippen LogP contribution in [0.3, 0.4) is 0 Å². The van der Waals surface area contributed by atoms with Crippen molar-refractivity contribution in [1.29, 1.82) is 0 Å². The first-order valence-electron chi connectivity index (χ1n) is 12.5. The number of ether oxygens (including phenoxy) is 1. The Hall–Kier alpha value is -3.56. The van der Waals surface area contributed by atoms with Crippen molar-refractivity contribution in [2.75, 3.05) is 39.3 Å². The van der Waals surface area contributed by atoms with Crippen LogP contribution >= 0.6 is 0 Å². The molecule has 1 saturated heterocycles. The van der Waals surface area contributed by atoms with Gasteiger partial charge in [0.1, 0.15) is 5.75 Å². The molecule has 2 heterocycles. The average Bonchev–Trinajstić information content (AvgIpc) is 3.35. The lowest BCUT2D eigenvalue weighted by molar-refractivity contribution is -0.143. The number of aromatic nitrogens is 4. The molecule has 1 aliphatic rings. The molecule has 9 heteroatoms. The number of nitrogens with zero attached hydrogens (tertiary/aromatic N) is 6. The summed E-state index contributed by atoms with van der Waals surface area (Å²) in [5, 5.41) is 22.9. The molecule has 1 N–H and O–H groups in total. The number of benzene rings is 2. The van der Waals surface area contributed by atoms with Gasteiger partial charge in [0.25, 0.3) is 0 Å². The molecule has 0 saturated carbocycles. The number of tetrazole rings is 1. The summed E-state index contributed by atoms with van der Waals surface area (Å²) < 4.78 is 4.95. The van der Waals surface area contributed by atoms with Crippen molar-refractivity contribution < 1.29 is 14.6 Å². The highest BCUT2D eigenvalue weighted by molar-refractivity contribution is 5.69. The van der Waals surface area contributed by atoms with Crippen molar-refractivity contribution in [1.82, 2.24) is 30.0 Å². The number of phenolic OH excluding ortho intramolecular Hbond substituents is 1. The average molecular weight is 491 g/mol. The van der Waals surface area contributed by atoms with Gasteiger partial charge >= 0.3 is 5.97 Å². The van der Waals surface area contributed by atoms with Crippen molar-refractivity contribution in [3.05, 3.63) is 72.3 Å². The first-order chi connectivity index (χ1) is 17.6. The first kappa shape index (κ1) is 25.5. The number of piperazine rings is 1. The van der Waals surface area contributed by atoms with Crippen LogP contribution in [0.4, 0.5) is 0 Å². The summed E-state index contributed by atoms with van der Waals surface area (Å²) in [5.74, 6) is 0.602. The second-order valence-corrected chi connectivity index (χ2v) is 8.86. The summed E-state index contributed by atoms with van der Waals surface area (Å²) >= 11 is 0. The summed E-state index contributed by atoms with van der Waals surface area (Å²) in [6.07, 6.45) is 2.88. The van der Waals surface area contributed by atoms with Crippen LogP contribution in [0.25, 0.3) is 11.4 Å². The van der Waals surface area contributed by atoms with Gasteiger partial charge in [0.05, 0.1) is 19.2 Å². The number of hydrogen-bond donors (Lipinski definition) is 1. The van der Waals surface area contributed by atoms with Crippen molar-refractivity contribution in [2.45, 2.75) is 32.4 Å². The van der Waals surface area contributed by atoms with Crippen LogP contribution in [0.15, 0.2) is 61.2 Å². The fourth-order valence-electron chi connectivity index (χ4n) is 4.56. The molecule has 1 aromatic heterocycles. The minimum absolute atomic E-state index is 0.0311. The van der Waals surface area contributed by atoms with E-state index in [1.165, 1.54) is 4.80 Å². The van der Waals surface area contributed by atoms with E-state index in [0.29, 0.717) is 31.8 Å². The number of phenols is 1. The number of esters is 1. The highest BCUT2D eigenvalue weighted by Gasteiger charge is 2.26. The standard InChI is InChI=1S/C27H34N6O3/c1-3-14-31-16-18-32(19-17-31)26(23-7-5-8-24(34)20-23)21-10-12-22(13-11-21)27-28-30-33(29-27)15-6-9-25(35)36-4-2/h3,5,7-8,10-13,20,26,34H,1,4,6,9,14-19H2,2H3. The monoisotopic (exact) mass is 490 g/mol. The van der Waals surface area contributed by atoms with E-state index in [2.05, 4.69) is 50.0 Å². The SMILES string of the molecule is C=CCN1CCN(C(c2ccc(-c3nnn(CCCC(=O)OCC)n3)cc2)c2cccc(O)c2)CC1. The molecule has 0 spiro atoms. The van der Waals surface area contributed by atoms with Crippen LogP contribution in [-0.4, -0.2) is 80.4 Å². The minimum Gasteiger partial charge on any atom is -0.508 e. The predicted octanol–water partition coefficient (Wildman–Crippen LogP) is 3.28. The summed E-state index contributed by atoms with van der Waals surface area (Å²) in [7, 11) is 0. The van der Waals surface area contributed by atoms with Crippen LogP contribution < -0.4 is 0 Å². The van der Waals surface area contributed by atoms with E-state index in [0.717, 1.165) is 49.4 Å². The molecule has 36 heavy (non-hydrogen) atoms. The maximum absolute atomic E-state index is 11.5. The molecule has 1 fully saturated rings. The minimum atomic E-state index is -0.211. The third-order valence-electron chi connectivity index (χ3n) is 6.33. The fraction of sp³-hybridized carbons (Fsp3) is 0.407. The Kier molecular flexibility index (Phi) is 8.80. The van der Waals surface area contributed by atoms with Gasteiger partial charge in [-0.3, -0.25) is 14.6 Å². The Bertz CT molecular complexity index is 1140. The maximum Gasteiger partial charge on any atom is 0.305 e. The third-order valence-corrected chi connectivity index (χ3v) is 6.33. The number of rotatable bonds is 11. The number of carbonyl (C=O) groups excluding carboxylic acids is 1. The Morgan fingerprint density at radius 3 is 2.61 bits per heavy atom. The van der Waals surface area contributed by atoms with E-state index < -0.39 is 0 Å². The lowest BCUT2D eigenvalue weighted by Gasteiger charge is -2.39. The molecule has 0 bridgehead atoms. The molecule has 0 amide bonds. The highest BCUT2D eigenvalue weighted by Crippen LogP contribution is 2.32. The smallest absolute Gasteiger partial charge is 0.305 e. The van der Waals surface area contributed by atoms with Gasteiger partial charge < -0.3 is 9.84 Å². The summed E-state index contributed by atoms with van der Waals surface area (Å²) in [6, 6.07) is 15.8. The summed E-state index contributed by atoms with van der Waals surface area (Å²) in [5.41, 5.74) is 3.08. The van der Waals surface area contributed by atoms with Crippen LogP contribution in [0.1, 0.15) is 36.9 Å². The number of aromatic hydroxyl groups is 1. The van der Waals surface area contributed by atoms with Crippen LogP contribution in [0.5, 0.6) is 5.75 Å². The van der Waals surface area contributed by atoms with E-state index in [9.17, 15) is 9.90 Å². The number of carbonyl (C=O) groups is 1. The molecule has 1 atom stereocenters. The zero-order valence-electron chi connectivity index (χ0n) is 20.8. The molecule has 4 rings (SSSR count). The van der Waals surface area contributed by atoms with E-state index in [-0.39, 0.29) is 17.8 Å².